The van der Waals surface area contributed by atoms with E-state index in [1.807, 2.05) is 12.1 Å². The molecule has 0 fully saturated rings. The van der Waals surface area contributed by atoms with Crippen molar-refractivity contribution in [3.63, 3.8) is 0 Å². The number of benzene rings is 10. The molecule has 0 spiro atoms. The van der Waals surface area contributed by atoms with Crippen molar-refractivity contribution in [2.24, 2.45) is 0 Å². The van der Waals surface area contributed by atoms with E-state index >= 15 is 0 Å². The molecule has 0 unspecified atom stereocenters. The van der Waals surface area contributed by atoms with Gasteiger partial charge in [0.15, 0.2) is 0 Å². The van der Waals surface area contributed by atoms with Crippen molar-refractivity contribution in [1.29, 1.82) is 0 Å². The largest absolute Gasteiger partial charge is 0.455 e. The highest BCUT2D eigenvalue weighted by Gasteiger charge is 2.24. The maximum atomic E-state index is 6.44. The smallest absolute Gasteiger partial charge is 0.143 e. The maximum Gasteiger partial charge on any atom is 0.143 e. The number of nitrogens with zero attached hydrogens (tertiary/aromatic N) is 1. The second-order valence-electron chi connectivity index (χ2n) is 14.9. The molecule has 0 saturated heterocycles. The highest BCUT2D eigenvalue weighted by Crippen LogP contribution is 2.50. The van der Waals surface area contributed by atoms with Gasteiger partial charge in [-0.15, -0.1) is 0 Å². The first-order valence-corrected chi connectivity index (χ1v) is 19.2. The van der Waals surface area contributed by atoms with E-state index in [1.165, 1.54) is 65.7 Å². The Hall–Kier alpha value is -7.42. The van der Waals surface area contributed by atoms with E-state index in [9.17, 15) is 0 Å². The molecule has 11 aromatic rings. The second kappa shape index (κ2) is 12.0. The van der Waals surface area contributed by atoms with Gasteiger partial charge in [-0.1, -0.05) is 152 Å². The number of para-hydroxylation sites is 2. The molecule has 1 aromatic heterocycles. The van der Waals surface area contributed by atoms with Crippen LogP contribution in [0.25, 0.3) is 98.8 Å². The van der Waals surface area contributed by atoms with Gasteiger partial charge in [0.25, 0.3) is 0 Å². The zero-order valence-corrected chi connectivity index (χ0v) is 30.4. The van der Waals surface area contributed by atoms with Gasteiger partial charge in [-0.25, -0.2) is 0 Å². The van der Waals surface area contributed by atoms with Crippen molar-refractivity contribution in [3.05, 3.63) is 200 Å². The molecular formula is C54H33NO. The lowest BCUT2D eigenvalue weighted by atomic mass is 9.97. The minimum absolute atomic E-state index is 0.910. The van der Waals surface area contributed by atoms with Gasteiger partial charge in [0.2, 0.25) is 0 Å². The summed E-state index contributed by atoms with van der Waals surface area (Å²) < 4.78 is 6.44. The molecule has 1 heterocycles. The molecule has 2 nitrogen and oxygen atoms in total. The van der Waals surface area contributed by atoms with Crippen molar-refractivity contribution >= 4 is 71.3 Å². The van der Waals surface area contributed by atoms with E-state index in [-0.39, 0.29) is 0 Å². The summed E-state index contributed by atoms with van der Waals surface area (Å²) in [6.07, 6.45) is 0. The van der Waals surface area contributed by atoms with Crippen LogP contribution in [0, 0.1) is 0 Å². The van der Waals surface area contributed by atoms with Crippen LogP contribution in [-0.4, -0.2) is 0 Å². The molecule has 0 saturated carbocycles. The van der Waals surface area contributed by atoms with Crippen LogP contribution >= 0.6 is 0 Å². The van der Waals surface area contributed by atoms with Gasteiger partial charge < -0.3 is 9.32 Å². The SMILES string of the molecule is c1ccc2c(c1)-c1cccc3cc(N(c4ccc(-c5ccc6ccc7ccccc7c6c5)cc4)c4ccc(-c5cccc6c5oc5ccccc56)cc4)cc-2c13. The van der Waals surface area contributed by atoms with Crippen LogP contribution in [0.4, 0.5) is 17.1 Å². The molecule has 1 aliphatic carbocycles. The third-order valence-corrected chi connectivity index (χ3v) is 11.8. The van der Waals surface area contributed by atoms with E-state index in [4.69, 9.17) is 4.42 Å². The average molecular weight is 712 g/mol. The Labute approximate surface area is 324 Å². The van der Waals surface area contributed by atoms with Gasteiger partial charge in [-0.05, 0) is 120 Å². The van der Waals surface area contributed by atoms with Crippen LogP contribution in [0.1, 0.15) is 0 Å². The number of rotatable bonds is 5. The third-order valence-electron chi connectivity index (χ3n) is 11.8. The van der Waals surface area contributed by atoms with Gasteiger partial charge >= 0.3 is 0 Å². The highest BCUT2D eigenvalue weighted by atomic mass is 16.3. The van der Waals surface area contributed by atoms with E-state index in [0.717, 1.165) is 50.1 Å². The van der Waals surface area contributed by atoms with Gasteiger partial charge in [0.05, 0.1) is 0 Å². The highest BCUT2D eigenvalue weighted by molar-refractivity contribution is 6.17. The van der Waals surface area contributed by atoms with Crippen molar-refractivity contribution in [3.8, 4) is 44.5 Å². The van der Waals surface area contributed by atoms with Crippen molar-refractivity contribution < 1.29 is 4.42 Å². The lowest BCUT2D eigenvalue weighted by Gasteiger charge is -2.27. The van der Waals surface area contributed by atoms with E-state index in [0.29, 0.717) is 0 Å². The summed E-state index contributed by atoms with van der Waals surface area (Å²) in [5.74, 6) is 0. The topological polar surface area (TPSA) is 16.4 Å². The molecule has 1 aliphatic rings. The summed E-state index contributed by atoms with van der Waals surface area (Å²) in [4.78, 5) is 2.40. The fraction of sp³-hybridized carbons (Fsp3) is 0. The summed E-state index contributed by atoms with van der Waals surface area (Å²) in [7, 11) is 0. The second-order valence-corrected chi connectivity index (χ2v) is 14.9. The molecule has 12 rings (SSSR count). The first kappa shape index (κ1) is 31.0. The molecule has 0 aliphatic heterocycles. The number of fused-ring (bicyclic) bond motifs is 9. The molecule has 2 heteroatoms. The summed E-state index contributed by atoms with van der Waals surface area (Å²) in [5.41, 5.74) is 14.9. The van der Waals surface area contributed by atoms with Crippen LogP contribution in [-0.2, 0) is 0 Å². The summed E-state index contributed by atoms with van der Waals surface area (Å²) in [5, 5.41) is 9.92. The molecule has 0 atom stereocenters. The van der Waals surface area contributed by atoms with Crippen LogP contribution in [0.15, 0.2) is 205 Å². The minimum atomic E-state index is 0.910. The van der Waals surface area contributed by atoms with Crippen LogP contribution in [0.5, 0.6) is 0 Å². The van der Waals surface area contributed by atoms with Gasteiger partial charge in [-0.3, -0.25) is 0 Å². The van der Waals surface area contributed by atoms with Gasteiger partial charge in [0.1, 0.15) is 11.2 Å². The quantitative estimate of drug-likeness (QED) is 0.165. The predicted molar refractivity (Wildman–Crippen MR) is 236 cm³/mol. The number of hydrogen-bond acceptors (Lipinski definition) is 2. The number of anilines is 3. The Morgan fingerprint density at radius 3 is 1.70 bits per heavy atom. The Bertz CT molecular complexity index is 3350. The third kappa shape index (κ3) is 4.69. The van der Waals surface area contributed by atoms with Crippen LogP contribution in [0.3, 0.4) is 0 Å². The molecule has 260 valence electrons. The zero-order valence-electron chi connectivity index (χ0n) is 30.4. The van der Waals surface area contributed by atoms with E-state index in [2.05, 4.69) is 193 Å². The zero-order chi connectivity index (χ0) is 36.7. The Morgan fingerprint density at radius 1 is 0.304 bits per heavy atom. The van der Waals surface area contributed by atoms with E-state index < -0.39 is 0 Å². The fourth-order valence-electron chi connectivity index (χ4n) is 9.13. The molecular weight excluding hydrogens is 679 g/mol. The summed E-state index contributed by atoms with van der Waals surface area (Å²) >= 11 is 0. The monoisotopic (exact) mass is 711 g/mol. The Kier molecular flexibility index (Phi) is 6.66. The molecule has 0 N–H and O–H groups in total. The number of furan rings is 1. The van der Waals surface area contributed by atoms with Gasteiger partial charge in [-0.2, -0.15) is 0 Å². The first-order chi connectivity index (χ1) is 27.7. The molecule has 56 heavy (non-hydrogen) atoms. The Morgan fingerprint density at radius 2 is 0.875 bits per heavy atom. The van der Waals surface area contributed by atoms with Crippen molar-refractivity contribution in [2.75, 3.05) is 4.90 Å². The normalized spacial score (nSPS) is 11.9. The maximum absolute atomic E-state index is 6.44. The molecule has 0 amide bonds. The average Bonchev–Trinajstić information content (AvgIpc) is 3.81. The number of hydrogen-bond donors (Lipinski definition) is 0. The van der Waals surface area contributed by atoms with Crippen molar-refractivity contribution in [1.82, 2.24) is 0 Å². The van der Waals surface area contributed by atoms with Crippen LogP contribution in [0.2, 0.25) is 0 Å². The molecule has 10 aromatic carbocycles. The molecule has 0 bridgehead atoms. The molecule has 0 radical (unpaired) electrons. The van der Waals surface area contributed by atoms with Crippen LogP contribution < -0.4 is 4.90 Å². The fourth-order valence-corrected chi connectivity index (χ4v) is 9.13. The lowest BCUT2D eigenvalue weighted by Crippen LogP contribution is -2.10. The standard InChI is InChI=1S/C54H33NO/c1-2-11-43-35(9-1)19-20-37-21-22-38(32-50(37)43)34-23-27-40(28-24-34)55(42-31-39-10-7-16-48-45-12-3-4-13-46(45)51(33-42)53(39)48)41-29-25-36(26-30-41)44-15-8-17-49-47-14-5-6-18-52(47)56-54(44)49/h1-33H. The van der Waals surface area contributed by atoms with Crippen molar-refractivity contribution in [2.45, 2.75) is 0 Å². The lowest BCUT2D eigenvalue weighted by molar-refractivity contribution is 0.670. The van der Waals surface area contributed by atoms with Gasteiger partial charge in [0, 0.05) is 33.4 Å². The summed E-state index contributed by atoms with van der Waals surface area (Å²) in [6, 6.07) is 72.8. The summed E-state index contributed by atoms with van der Waals surface area (Å²) in [6.45, 7) is 0. The minimum Gasteiger partial charge on any atom is -0.455 e. The van der Waals surface area contributed by atoms with E-state index in [1.54, 1.807) is 0 Å². The predicted octanol–water partition coefficient (Wildman–Crippen LogP) is 15.5. The first-order valence-electron chi connectivity index (χ1n) is 19.2. The Balaban J connectivity index is 1.000.